The lowest BCUT2D eigenvalue weighted by atomic mass is 10.0. The number of nitrogens with one attached hydrogen (secondary N) is 1. The second-order valence-corrected chi connectivity index (χ2v) is 5.00. The van der Waals surface area contributed by atoms with Crippen LogP contribution in [0.3, 0.4) is 0 Å². The van der Waals surface area contributed by atoms with E-state index in [1.165, 1.54) is 29.5 Å². The molecule has 90 valence electrons. The first-order valence-electron chi connectivity index (χ1n) is 6.37. The molecule has 0 aromatic heterocycles. The Morgan fingerprint density at radius 1 is 1.06 bits per heavy atom. The average Bonchev–Trinajstić information content (AvgIpc) is 2.16. The summed E-state index contributed by atoms with van der Waals surface area (Å²) in [6, 6.07) is 7.83. The van der Waals surface area contributed by atoms with Gasteiger partial charge in [0.1, 0.15) is 0 Å². The minimum Gasteiger partial charge on any atom is -0.308 e. The highest BCUT2D eigenvalue weighted by molar-refractivity contribution is 5.30. The second kappa shape index (κ2) is 6.05. The van der Waals surface area contributed by atoms with Gasteiger partial charge in [0.25, 0.3) is 0 Å². The van der Waals surface area contributed by atoms with Gasteiger partial charge in [0.2, 0.25) is 0 Å². The first-order chi connectivity index (χ1) is 7.52. The minimum atomic E-state index is 0.445. The first-order valence-corrected chi connectivity index (χ1v) is 6.37. The summed E-state index contributed by atoms with van der Waals surface area (Å²) in [6.45, 7) is 11.1. The number of benzene rings is 1. The van der Waals surface area contributed by atoms with Crippen molar-refractivity contribution in [1.82, 2.24) is 5.32 Å². The first kappa shape index (κ1) is 13.2. The van der Waals surface area contributed by atoms with Gasteiger partial charge < -0.3 is 5.32 Å². The second-order valence-electron chi connectivity index (χ2n) is 5.00. The molecule has 1 nitrogen and oxygen atoms in total. The van der Waals surface area contributed by atoms with Gasteiger partial charge >= 0.3 is 0 Å². The zero-order valence-electron chi connectivity index (χ0n) is 11.3. The Morgan fingerprint density at radius 3 is 2.12 bits per heavy atom. The molecule has 0 aliphatic carbocycles. The van der Waals surface area contributed by atoms with Gasteiger partial charge in [-0.25, -0.2) is 0 Å². The van der Waals surface area contributed by atoms with Crippen LogP contribution in [-0.2, 0) is 0 Å². The van der Waals surface area contributed by atoms with Crippen LogP contribution in [0.15, 0.2) is 18.2 Å². The summed E-state index contributed by atoms with van der Waals surface area (Å²) >= 11 is 0. The number of hydrogen-bond donors (Lipinski definition) is 1. The molecule has 0 saturated heterocycles. The van der Waals surface area contributed by atoms with Crippen molar-refractivity contribution >= 4 is 0 Å². The zero-order valence-corrected chi connectivity index (χ0v) is 11.3. The molecule has 1 N–H and O–H groups in total. The van der Waals surface area contributed by atoms with Gasteiger partial charge in [-0.05, 0) is 39.7 Å². The van der Waals surface area contributed by atoms with E-state index in [-0.39, 0.29) is 0 Å². The predicted octanol–water partition coefficient (Wildman–Crippen LogP) is 4.14. The quantitative estimate of drug-likeness (QED) is 0.784. The summed E-state index contributed by atoms with van der Waals surface area (Å²) in [5.41, 5.74) is 4.11. The maximum atomic E-state index is 3.65. The van der Waals surface area contributed by atoms with Gasteiger partial charge in [0.05, 0.1) is 0 Å². The molecule has 1 heteroatoms. The maximum absolute atomic E-state index is 3.65. The lowest BCUT2D eigenvalue weighted by Gasteiger charge is -2.20. The topological polar surface area (TPSA) is 12.0 Å². The van der Waals surface area contributed by atoms with Gasteiger partial charge in [-0.3, -0.25) is 0 Å². The Hall–Kier alpha value is -0.820. The van der Waals surface area contributed by atoms with E-state index in [0.717, 1.165) is 0 Å². The third kappa shape index (κ3) is 3.97. The Morgan fingerprint density at radius 2 is 1.62 bits per heavy atom. The van der Waals surface area contributed by atoms with Crippen molar-refractivity contribution in [2.45, 2.75) is 59.5 Å². The van der Waals surface area contributed by atoms with E-state index in [0.29, 0.717) is 12.1 Å². The van der Waals surface area contributed by atoms with E-state index in [1.807, 2.05) is 0 Å². The number of rotatable bonds is 5. The van der Waals surface area contributed by atoms with E-state index in [9.17, 15) is 0 Å². The van der Waals surface area contributed by atoms with Crippen LogP contribution in [0, 0.1) is 13.8 Å². The van der Waals surface area contributed by atoms with Crippen LogP contribution in [0.4, 0.5) is 0 Å². The normalized spacial score (nSPS) is 14.8. The Kier molecular flexibility index (Phi) is 5.01. The van der Waals surface area contributed by atoms with Crippen LogP contribution in [0.2, 0.25) is 0 Å². The zero-order chi connectivity index (χ0) is 12.1. The summed E-state index contributed by atoms with van der Waals surface area (Å²) in [4.78, 5) is 0. The molecule has 0 spiro atoms. The Bertz CT molecular complexity index is 310. The van der Waals surface area contributed by atoms with Crippen LogP contribution < -0.4 is 5.32 Å². The molecule has 1 aromatic rings. The summed E-state index contributed by atoms with van der Waals surface area (Å²) in [6.07, 6.45) is 2.49. The van der Waals surface area contributed by atoms with Crippen molar-refractivity contribution in [3.05, 3.63) is 34.9 Å². The predicted molar refractivity (Wildman–Crippen MR) is 71.8 cm³/mol. The summed E-state index contributed by atoms with van der Waals surface area (Å²) in [5.74, 6) is 0. The van der Waals surface area contributed by atoms with Crippen molar-refractivity contribution in [1.29, 1.82) is 0 Å². The van der Waals surface area contributed by atoms with Crippen molar-refractivity contribution in [3.63, 3.8) is 0 Å². The molecule has 0 saturated carbocycles. The van der Waals surface area contributed by atoms with Crippen molar-refractivity contribution in [2.24, 2.45) is 0 Å². The summed E-state index contributed by atoms with van der Waals surface area (Å²) < 4.78 is 0. The molecule has 0 heterocycles. The maximum Gasteiger partial charge on any atom is 0.0294 e. The smallest absolute Gasteiger partial charge is 0.0294 e. The molecule has 0 radical (unpaired) electrons. The van der Waals surface area contributed by atoms with Gasteiger partial charge in [-0.15, -0.1) is 0 Å². The molecule has 0 bridgehead atoms. The van der Waals surface area contributed by atoms with Gasteiger partial charge in [-0.2, -0.15) is 0 Å². The van der Waals surface area contributed by atoms with Crippen LogP contribution in [0.25, 0.3) is 0 Å². The van der Waals surface area contributed by atoms with Crippen LogP contribution in [0.5, 0.6) is 0 Å². The molecule has 2 atom stereocenters. The Labute approximate surface area is 100 Å². The number of aryl methyl sites for hydroxylation is 2. The molecule has 0 fully saturated rings. The van der Waals surface area contributed by atoms with E-state index in [1.54, 1.807) is 0 Å². The molecule has 0 aliphatic heterocycles. The van der Waals surface area contributed by atoms with Crippen LogP contribution >= 0.6 is 0 Å². The summed E-state index contributed by atoms with van der Waals surface area (Å²) in [7, 11) is 0. The fourth-order valence-electron chi connectivity index (χ4n) is 2.30. The van der Waals surface area contributed by atoms with Crippen molar-refractivity contribution in [2.75, 3.05) is 0 Å². The third-order valence-corrected chi connectivity index (χ3v) is 3.00. The minimum absolute atomic E-state index is 0.445. The van der Waals surface area contributed by atoms with E-state index >= 15 is 0 Å². The van der Waals surface area contributed by atoms with Crippen LogP contribution in [-0.4, -0.2) is 6.04 Å². The highest BCUT2D eigenvalue weighted by Crippen LogP contribution is 2.17. The van der Waals surface area contributed by atoms with Crippen molar-refractivity contribution < 1.29 is 0 Å². The molecule has 2 unspecified atom stereocenters. The van der Waals surface area contributed by atoms with Crippen LogP contribution in [0.1, 0.15) is 56.3 Å². The largest absolute Gasteiger partial charge is 0.308 e. The molecule has 1 rings (SSSR count). The van der Waals surface area contributed by atoms with Crippen molar-refractivity contribution in [3.8, 4) is 0 Å². The highest BCUT2D eigenvalue weighted by atomic mass is 14.9. The molecular formula is C15H25N. The molecule has 16 heavy (non-hydrogen) atoms. The monoisotopic (exact) mass is 219 g/mol. The molecule has 0 aliphatic rings. The SMILES string of the molecule is CCCC(C)NC(C)c1cc(C)cc(C)c1. The Balaban J connectivity index is 2.68. The summed E-state index contributed by atoms with van der Waals surface area (Å²) in [5, 5.41) is 3.65. The molecular weight excluding hydrogens is 194 g/mol. The lowest BCUT2D eigenvalue weighted by molar-refractivity contribution is 0.452. The molecule has 0 amide bonds. The van der Waals surface area contributed by atoms with Gasteiger partial charge in [0.15, 0.2) is 0 Å². The van der Waals surface area contributed by atoms with E-state index in [4.69, 9.17) is 0 Å². The fourth-order valence-corrected chi connectivity index (χ4v) is 2.30. The average molecular weight is 219 g/mol. The fraction of sp³-hybridized carbons (Fsp3) is 0.600. The third-order valence-electron chi connectivity index (χ3n) is 3.00. The highest BCUT2D eigenvalue weighted by Gasteiger charge is 2.09. The van der Waals surface area contributed by atoms with E-state index < -0.39 is 0 Å². The number of hydrogen-bond acceptors (Lipinski definition) is 1. The van der Waals surface area contributed by atoms with Gasteiger partial charge in [-0.1, -0.05) is 42.7 Å². The van der Waals surface area contributed by atoms with E-state index in [2.05, 4.69) is 58.1 Å². The van der Waals surface area contributed by atoms with Gasteiger partial charge in [0, 0.05) is 12.1 Å². The standard InChI is InChI=1S/C15H25N/c1-6-7-13(4)16-14(5)15-9-11(2)8-12(3)10-15/h8-10,13-14,16H,6-7H2,1-5H3. The molecule has 1 aromatic carbocycles. The lowest BCUT2D eigenvalue weighted by Crippen LogP contribution is -2.28.